The molecule has 9 atom stereocenters. The lowest BCUT2D eigenvalue weighted by Crippen LogP contribution is -2.61. The maximum Gasteiger partial charge on any atom is 0.323 e. The van der Waals surface area contributed by atoms with Gasteiger partial charge in [0.05, 0.1) is 41.5 Å². The highest BCUT2D eigenvalue weighted by atomic mass is 16.4. The van der Waals surface area contributed by atoms with Crippen molar-refractivity contribution >= 4 is 40.3 Å². The van der Waals surface area contributed by atoms with Crippen LogP contribution in [-0.2, 0) is 14.4 Å². The molecule has 14 heteroatoms. The number of aliphatic carboxylic acids is 3. The normalized spacial score (nSPS) is 36.2. The van der Waals surface area contributed by atoms with Crippen molar-refractivity contribution in [1.29, 1.82) is 0 Å². The lowest BCUT2D eigenvalue weighted by Gasteiger charge is -2.56. The van der Waals surface area contributed by atoms with Gasteiger partial charge in [-0.2, -0.15) is 0 Å². The number of piperidine rings is 5. The number of hydrogen-bond donors (Lipinski definition) is 3. The summed E-state index contributed by atoms with van der Waals surface area (Å²) in [7, 11) is 0. The summed E-state index contributed by atoms with van der Waals surface area (Å²) in [5, 5.41) is 29.1. The van der Waals surface area contributed by atoms with Gasteiger partial charge < -0.3 is 29.7 Å². The number of likely N-dealkylation sites (tertiary alicyclic amines) is 2. The van der Waals surface area contributed by atoms with Crippen molar-refractivity contribution in [3.63, 3.8) is 0 Å². The van der Waals surface area contributed by atoms with Crippen LogP contribution in [0.15, 0.2) is 59.9 Å². The summed E-state index contributed by atoms with van der Waals surface area (Å²) < 4.78 is 2.59. The predicted molar refractivity (Wildman–Crippen MR) is 309 cm³/mol. The van der Waals surface area contributed by atoms with Crippen LogP contribution in [0, 0.1) is 23.7 Å². The first-order chi connectivity index (χ1) is 38.6. The number of nitrogens with zero attached hydrogens (tertiary/aromatic N) is 8. The Balaban J connectivity index is 0.000000151. The van der Waals surface area contributed by atoms with Gasteiger partial charge in [0.25, 0.3) is 0 Å². The number of benzene rings is 2. The zero-order valence-corrected chi connectivity index (χ0v) is 47.3. The molecule has 11 aliphatic rings. The Kier molecular flexibility index (Phi) is 15.9. The van der Waals surface area contributed by atoms with Crippen LogP contribution in [0.5, 0.6) is 0 Å². The van der Waals surface area contributed by atoms with Crippen LogP contribution in [0.1, 0.15) is 198 Å². The highest BCUT2D eigenvalue weighted by molar-refractivity contribution is 5.88. The van der Waals surface area contributed by atoms with Gasteiger partial charge in [-0.15, -0.1) is 0 Å². The van der Waals surface area contributed by atoms with Gasteiger partial charge in [-0.1, -0.05) is 88.5 Å². The molecule has 3 aromatic rings. The molecule has 2 aromatic carbocycles. The van der Waals surface area contributed by atoms with Gasteiger partial charge in [-0.25, -0.2) is 4.98 Å². The molecule has 1 aromatic heterocycles. The Bertz CT molecular complexity index is 2650. The lowest BCUT2D eigenvalue weighted by atomic mass is 9.73. The van der Waals surface area contributed by atoms with Crippen LogP contribution >= 0.6 is 0 Å². The number of rotatable bonds is 11. The van der Waals surface area contributed by atoms with E-state index in [4.69, 9.17) is 4.98 Å². The van der Waals surface area contributed by atoms with Crippen molar-refractivity contribution in [3.8, 4) is 0 Å². The average molecular weight is 1080 g/mol. The zero-order chi connectivity index (χ0) is 53.7. The predicted octanol–water partition coefficient (Wildman–Crippen LogP) is 11.7. The molecular weight excluding hydrogens is 989 g/mol. The minimum Gasteiger partial charge on any atom is -0.480 e. The number of fused-ring (bicyclic) bond motifs is 10. The number of para-hydroxylation sites is 4. The monoisotopic (exact) mass is 1080 g/mol. The fourth-order valence-electron chi connectivity index (χ4n) is 19.5. The summed E-state index contributed by atoms with van der Waals surface area (Å²) in [5.74, 6) is 3.54. The van der Waals surface area contributed by atoms with Crippen molar-refractivity contribution in [2.45, 2.75) is 234 Å². The van der Waals surface area contributed by atoms with Gasteiger partial charge in [0.2, 0.25) is 0 Å². The van der Waals surface area contributed by atoms with E-state index in [1.165, 1.54) is 152 Å². The van der Waals surface area contributed by atoms with Gasteiger partial charge in [0.1, 0.15) is 18.2 Å². The van der Waals surface area contributed by atoms with E-state index in [0.29, 0.717) is 42.8 Å². The van der Waals surface area contributed by atoms with Crippen LogP contribution in [0.3, 0.4) is 0 Å². The second-order valence-corrected chi connectivity index (χ2v) is 27.2. The number of imidazole rings is 1. The van der Waals surface area contributed by atoms with E-state index < -0.39 is 17.9 Å². The fourth-order valence-corrected chi connectivity index (χ4v) is 19.5. The Morgan fingerprint density at radius 1 is 0.481 bits per heavy atom. The van der Waals surface area contributed by atoms with E-state index in [0.717, 1.165) is 116 Å². The zero-order valence-electron chi connectivity index (χ0n) is 47.3. The van der Waals surface area contributed by atoms with E-state index in [-0.39, 0.29) is 25.7 Å². The molecule has 4 aliphatic carbocycles. The summed E-state index contributed by atoms with van der Waals surface area (Å²) in [6.45, 7) is 2.26. The smallest absolute Gasteiger partial charge is 0.323 e. The molecule has 14 rings (SSSR count). The molecule has 7 aliphatic heterocycles. The van der Waals surface area contributed by atoms with Crippen molar-refractivity contribution in [3.05, 3.63) is 65.7 Å². The van der Waals surface area contributed by atoms with E-state index in [9.17, 15) is 29.7 Å². The number of carboxylic acid groups (broad SMARTS) is 3. The second kappa shape index (κ2) is 23.4. The first kappa shape index (κ1) is 53.8. The van der Waals surface area contributed by atoms with Crippen LogP contribution in [0.4, 0.5) is 11.4 Å². The molecule has 8 bridgehead atoms. The van der Waals surface area contributed by atoms with Crippen molar-refractivity contribution in [2.75, 3.05) is 49.1 Å². The third-order valence-corrected chi connectivity index (χ3v) is 22.2. The Morgan fingerprint density at radius 3 is 1.58 bits per heavy atom. The average Bonchev–Trinajstić information content (AvgIpc) is 4.32. The highest BCUT2D eigenvalue weighted by Gasteiger charge is 2.50. The number of carboxylic acids is 3. The maximum atomic E-state index is 12.2. The fraction of sp³-hybridized carbons (Fsp3) is 0.723. The van der Waals surface area contributed by atoms with Crippen molar-refractivity contribution < 1.29 is 29.7 Å². The Morgan fingerprint density at radius 2 is 1.01 bits per heavy atom. The molecule has 428 valence electrons. The molecule has 6 saturated heterocycles. The largest absolute Gasteiger partial charge is 0.480 e. The molecule has 14 nitrogen and oxygen atoms in total. The molecule has 0 spiro atoms. The van der Waals surface area contributed by atoms with Gasteiger partial charge in [-0.05, 0) is 182 Å². The minimum absolute atomic E-state index is 0.0224. The van der Waals surface area contributed by atoms with Crippen LogP contribution in [0.2, 0.25) is 0 Å². The third kappa shape index (κ3) is 11.2. The summed E-state index contributed by atoms with van der Waals surface area (Å²) in [4.78, 5) is 55.4. The van der Waals surface area contributed by atoms with Gasteiger partial charge in [0.15, 0.2) is 0 Å². The summed E-state index contributed by atoms with van der Waals surface area (Å²) in [5.41, 5.74) is 5.60. The minimum atomic E-state index is -0.839. The summed E-state index contributed by atoms with van der Waals surface area (Å²) in [6, 6.07) is 22.0. The topological polar surface area (TPSA) is 149 Å². The summed E-state index contributed by atoms with van der Waals surface area (Å²) >= 11 is 0. The Labute approximate surface area is 469 Å². The standard InChI is InChI=1S/C34H48N4O4.C31H44N4O2/c39-32(40)21-35-14-6-9-25(20-35)34-36(22-33(41)42)30-12-3-4-13-31(30)38(34)29-18-26-10-5-11-27(19-29)37(26)28-16-23-7-1-2-8-24(15-23)17-28;36-30(37)20-33-14-6-13-29(33)31-32-27-11-3-4-12-28(27)35(31)26-18-23-9-5-10-24(19-26)34(23)25-16-21-7-1-2-8-22(15-21)17-25/h3-4,12-13,23-24,26-29H,1-2,5-11,14-22H2,(H,39,40)(H,41,42);3-4,11-12,21-26,29H,1-2,5-10,13-20H2,(H,36,37)/b34-25+;. The third-order valence-electron chi connectivity index (χ3n) is 22.2. The van der Waals surface area contributed by atoms with Crippen molar-refractivity contribution in [2.24, 2.45) is 23.7 Å². The first-order valence-electron chi connectivity index (χ1n) is 32.1. The first-order valence-corrected chi connectivity index (χ1v) is 32.1. The highest BCUT2D eigenvalue weighted by Crippen LogP contribution is 2.52. The van der Waals surface area contributed by atoms with E-state index in [1.54, 1.807) is 0 Å². The number of hydrogen-bond acceptors (Lipinski definition) is 10. The second-order valence-electron chi connectivity index (χ2n) is 27.2. The molecule has 4 saturated carbocycles. The number of anilines is 2. The molecule has 0 amide bonds. The molecule has 8 heterocycles. The van der Waals surface area contributed by atoms with Gasteiger partial charge >= 0.3 is 17.9 Å². The lowest BCUT2D eigenvalue weighted by molar-refractivity contribution is -0.139. The van der Waals surface area contributed by atoms with Crippen LogP contribution < -0.4 is 9.80 Å². The van der Waals surface area contributed by atoms with Crippen LogP contribution in [-0.4, -0.2) is 144 Å². The molecule has 9 unspecified atom stereocenters. The SMILES string of the molecule is O=C(O)CN1CCC/C(=C2/N(CC(=O)O)c3ccccc3N2C2CC3CCCC(C2)N3C2CC3CCCCC(C3)C2)C1.O=C(O)CN1CCCC1c1nc2ccccc2n1C1CC2CCCC(C1)N2C1CC2CCCCC(C2)C1. The number of carbonyl (C=O) groups is 3. The molecular formula is C65H92N8O6. The van der Waals surface area contributed by atoms with E-state index in [2.05, 4.69) is 66.6 Å². The molecule has 79 heavy (non-hydrogen) atoms. The van der Waals surface area contributed by atoms with Crippen LogP contribution in [0.25, 0.3) is 11.0 Å². The van der Waals surface area contributed by atoms with E-state index >= 15 is 0 Å². The van der Waals surface area contributed by atoms with Gasteiger partial charge in [0, 0.05) is 54.9 Å². The quantitative estimate of drug-likeness (QED) is 0.167. The molecule has 3 N–H and O–H groups in total. The Hall–Kier alpha value is -4.50. The van der Waals surface area contributed by atoms with Gasteiger partial charge in [-0.3, -0.25) is 34.0 Å². The molecule has 0 radical (unpaired) electrons. The van der Waals surface area contributed by atoms with E-state index in [1.807, 2.05) is 15.9 Å². The number of aromatic nitrogens is 2. The van der Waals surface area contributed by atoms with Crippen molar-refractivity contribution in [1.82, 2.24) is 29.2 Å². The maximum absolute atomic E-state index is 12.2. The summed E-state index contributed by atoms with van der Waals surface area (Å²) in [6.07, 6.45) is 36.6. The molecule has 10 fully saturated rings.